The lowest BCUT2D eigenvalue weighted by Gasteiger charge is -2.28. The van der Waals surface area contributed by atoms with Crippen molar-refractivity contribution in [3.05, 3.63) is 29.8 Å². The molecule has 1 amide bonds. The molecule has 1 aromatic carbocycles. The van der Waals surface area contributed by atoms with E-state index in [0.717, 1.165) is 31.5 Å². The number of benzene rings is 1. The van der Waals surface area contributed by atoms with Crippen LogP contribution in [0.1, 0.15) is 44.7 Å². The number of amides is 1. The summed E-state index contributed by atoms with van der Waals surface area (Å²) in [6.07, 6.45) is 2.79. The van der Waals surface area contributed by atoms with E-state index in [2.05, 4.69) is 22.3 Å². The fourth-order valence-corrected chi connectivity index (χ4v) is 4.04. The van der Waals surface area contributed by atoms with Crippen LogP contribution in [-0.2, 0) is 14.8 Å². The van der Waals surface area contributed by atoms with E-state index < -0.39 is 10.0 Å². The summed E-state index contributed by atoms with van der Waals surface area (Å²) in [5.41, 5.74) is 0.887. The zero-order chi connectivity index (χ0) is 18.4. The summed E-state index contributed by atoms with van der Waals surface area (Å²) < 4.78 is 25.8. The first-order valence-electron chi connectivity index (χ1n) is 8.87. The fourth-order valence-electron chi connectivity index (χ4n) is 3.31. The van der Waals surface area contributed by atoms with E-state index in [0.29, 0.717) is 18.3 Å². The van der Waals surface area contributed by atoms with Gasteiger partial charge in [0.05, 0.1) is 10.9 Å². The van der Waals surface area contributed by atoms with Gasteiger partial charge in [0.25, 0.3) is 0 Å². The second-order valence-corrected chi connectivity index (χ2v) is 8.72. The minimum Gasteiger partial charge on any atom is -0.350 e. The molecule has 6 nitrogen and oxygen atoms in total. The lowest BCUT2D eigenvalue weighted by molar-refractivity contribution is -0.123. The van der Waals surface area contributed by atoms with Gasteiger partial charge < -0.3 is 10.6 Å². The molecule has 2 rings (SSSR count). The summed E-state index contributed by atoms with van der Waals surface area (Å²) in [5, 5.41) is 6.37. The molecule has 1 aliphatic rings. The lowest BCUT2D eigenvalue weighted by Crippen LogP contribution is -2.34. The molecule has 140 valence electrons. The third-order valence-corrected chi connectivity index (χ3v) is 6.46. The first-order valence-corrected chi connectivity index (χ1v) is 10.4. The van der Waals surface area contributed by atoms with E-state index in [-0.39, 0.29) is 16.8 Å². The van der Waals surface area contributed by atoms with Crippen LogP contribution >= 0.6 is 0 Å². The molecule has 0 bridgehead atoms. The summed E-state index contributed by atoms with van der Waals surface area (Å²) in [5.74, 6) is 1.02. The molecule has 0 spiro atoms. The van der Waals surface area contributed by atoms with Crippen molar-refractivity contribution >= 4 is 15.9 Å². The number of nitrogens with one attached hydrogen (secondary N) is 3. The number of hydrogen-bond acceptors (Lipinski definition) is 4. The normalized spacial score (nSPS) is 18.5. The van der Waals surface area contributed by atoms with Gasteiger partial charge in [-0.25, -0.2) is 13.1 Å². The predicted octanol–water partition coefficient (Wildman–Crippen LogP) is 1.80. The molecule has 2 atom stereocenters. The summed E-state index contributed by atoms with van der Waals surface area (Å²) in [7, 11) is -2.05. The Morgan fingerprint density at radius 1 is 1.20 bits per heavy atom. The highest BCUT2D eigenvalue weighted by Gasteiger charge is 2.22. The SMILES string of the molecule is CNS(=O)(=O)c1ccc(C(C)NC(=O)CC(C)C2CCNCC2)cc1. The molecule has 25 heavy (non-hydrogen) atoms. The van der Waals surface area contributed by atoms with Crippen LogP contribution in [-0.4, -0.2) is 34.5 Å². The van der Waals surface area contributed by atoms with Crippen molar-refractivity contribution < 1.29 is 13.2 Å². The van der Waals surface area contributed by atoms with Crippen molar-refractivity contribution in [2.24, 2.45) is 11.8 Å². The van der Waals surface area contributed by atoms with Gasteiger partial charge >= 0.3 is 0 Å². The summed E-state index contributed by atoms with van der Waals surface area (Å²) in [6, 6.07) is 6.44. The fraction of sp³-hybridized carbons (Fsp3) is 0.611. The Balaban J connectivity index is 1.90. The van der Waals surface area contributed by atoms with Crippen LogP contribution < -0.4 is 15.4 Å². The van der Waals surface area contributed by atoms with Gasteiger partial charge in [-0.2, -0.15) is 0 Å². The minimum atomic E-state index is -3.43. The molecule has 1 aliphatic heterocycles. The highest BCUT2D eigenvalue weighted by Crippen LogP contribution is 2.24. The smallest absolute Gasteiger partial charge is 0.240 e. The molecule has 7 heteroatoms. The summed E-state index contributed by atoms with van der Waals surface area (Å²) >= 11 is 0. The first kappa shape index (κ1) is 19.9. The van der Waals surface area contributed by atoms with Gasteiger partial charge in [-0.05, 0) is 69.4 Å². The van der Waals surface area contributed by atoms with Crippen LogP contribution in [0.5, 0.6) is 0 Å². The zero-order valence-corrected chi connectivity index (χ0v) is 16.0. The quantitative estimate of drug-likeness (QED) is 0.686. The molecule has 0 saturated carbocycles. The molecule has 0 aliphatic carbocycles. The Hall–Kier alpha value is -1.44. The third-order valence-electron chi connectivity index (χ3n) is 5.03. The minimum absolute atomic E-state index is 0.0467. The Kier molecular flexibility index (Phi) is 6.98. The maximum absolute atomic E-state index is 12.3. The van der Waals surface area contributed by atoms with Gasteiger partial charge in [-0.15, -0.1) is 0 Å². The number of rotatable bonds is 7. The Morgan fingerprint density at radius 2 is 1.80 bits per heavy atom. The molecular weight excluding hydrogens is 338 g/mol. The highest BCUT2D eigenvalue weighted by atomic mass is 32.2. The highest BCUT2D eigenvalue weighted by molar-refractivity contribution is 7.89. The molecule has 1 saturated heterocycles. The maximum Gasteiger partial charge on any atom is 0.240 e. The number of piperidine rings is 1. The van der Waals surface area contributed by atoms with E-state index in [9.17, 15) is 13.2 Å². The average molecular weight is 368 g/mol. The van der Waals surface area contributed by atoms with Crippen LogP contribution in [0.2, 0.25) is 0 Å². The van der Waals surface area contributed by atoms with E-state index in [4.69, 9.17) is 0 Å². The van der Waals surface area contributed by atoms with Crippen LogP contribution in [0.15, 0.2) is 29.2 Å². The van der Waals surface area contributed by atoms with Gasteiger partial charge in [0.1, 0.15) is 0 Å². The van der Waals surface area contributed by atoms with Gasteiger partial charge in [-0.1, -0.05) is 19.1 Å². The molecule has 0 radical (unpaired) electrons. The monoisotopic (exact) mass is 367 g/mol. The van der Waals surface area contributed by atoms with Crippen LogP contribution in [0, 0.1) is 11.8 Å². The maximum atomic E-state index is 12.3. The molecule has 1 fully saturated rings. The lowest BCUT2D eigenvalue weighted by atomic mass is 9.84. The van der Waals surface area contributed by atoms with E-state index in [1.807, 2.05) is 6.92 Å². The van der Waals surface area contributed by atoms with Gasteiger partial charge in [0.15, 0.2) is 0 Å². The molecule has 1 aromatic rings. The van der Waals surface area contributed by atoms with Gasteiger partial charge in [0, 0.05) is 6.42 Å². The van der Waals surface area contributed by atoms with Crippen molar-refractivity contribution in [3.63, 3.8) is 0 Å². The van der Waals surface area contributed by atoms with Gasteiger partial charge in [0.2, 0.25) is 15.9 Å². The summed E-state index contributed by atoms with van der Waals surface area (Å²) in [6.45, 7) is 6.14. The topological polar surface area (TPSA) is 87.3 Å². The van der Waals surface area contributed by atoms with E-state index in [1.54, 1.807) is 24.3 Å². The average Bonchev–Trinajstić information content (AvgIpc) is 2.62. The van der Waals surface area contributed by atoms with Crippen molar-refractivity contribution in [1.29, 1.82) is 0 Å². The number of carbonyl (C=O) groups is 1. The van der Waals surface area contributed by atoms with E-state index in [1.165, 1.54) is 7.05 Å². The largest absolute Gasteiger partial charge is 0.350 e. The first-order chi connectivity index (χ1) is 11.8. The number of hydrogen-bond donors (Lipinski definition) is 3. The predicted molar refractivity (Wildman–Crippen MR) is 98.6 cm³/mol. The zero-order valence-electron chi connectivity index (χ0n) is 15.2. The van der Waals surface area contributed by atoms with Crippen molar-refractivity contribution in [2.75, 3.05) is 20.1 Å². The molecule has 3 N–H and O–H groups in total. The van der Waals surface area contributed by atoms with Crippen molar-refractivity contribution in [1.82, 2.24) is 15.4 Å². The van der Waals surface area contributed by atoms with Gasteiger partial charge in [-0.3, -0.25) is 4.79 Å². The molecular formula is C18H29N3O3S. The van der Waals surface area contributed by atoms with Crippen LogP contribution in [0.25, 0.3) is 0 Å². The van der Waals surface area contributed by atoms with Crippen molar-refractivity contribution in [3.8, 4) is 0 Å². The number of carbonyl (C=O) groups excluding carboxylic acids is 1. The van der Waals surface area contributed by atoms with Crippen LogP contribution in [0.4, 0.5) is 0 Å². The summed E-state index contributed by atoms with van der Waals surface area (Å²) in [4.78, 5) is 12.5. The second-order valence-electron chi connectivity index (χ2n) is 6.83. The Morgan fingerprint density at radius 3 is 2.36 bits per heavy atom. The standard InChI is InChI=1S/C18H29N3O3S/c1-13(15-8-10-20-11-9-15)12-18(22)21-14(2)16-4-6-17(7-5-16)25(23,24)19-3/h4-7,13-15,19-20H,8-12H2,1-3H3,(H,21,22). The molecule has 1 heterocycles. The van der Waals surface area contributed by atoms with E-state index >= 15 is 0 Å². The molecule has 0 aromatic heterocycles. The Bertz CT molecular complexity index is 667. The second kappa shape index (κ2) is 8.78. The Labute approximate surface area is 150 Å². The third kappa shape index (κ3) is 5.52. The number of sulfonamides is 1. The molecule has 2 unspecified atom stereocenters. The van der Waals surface area contributed by atoms with Crippen LogP contribution in [0.3, 0.4) is 0 Å². The van der Waals surface area contributed by atoms with Crippen molar-refractivity contribution in [2.45, 2.75) is 44.0 Å².